The molecule has 0 aliphatic carbocycles. The van der Waals surface area contributed by atoms with E-state index in [1.165, 1.54) is 26.2 Å². The molecule has 0 saturated heterocycles. The Morgan fingerprint density at radius 2 is 1.41 bits per heavy atom. The number of carbonyl (C=O) groups is 4. The van der Waals surface area contributed by atoms with E-state index in [1.54, 1.807) is 0 Å². The van der Waals surface area contributed by atoms with Gasteiger partial charge in [-0.2, -0.15) is 10.3 Å². The summed E-state index contributed by atoms with van der Waals surface area (Å²) in [5, 5.41) is 17.1. The van der Waals surface area contributed by atoms with Crippen LogP contribution in [0.2, 0.25) is 0 Å². The van der Waals surface area contributed by atoms with E-state index in [1.807, 2.05) is 0 Å². The number of ether oxygens (including phenoxy) is 1. The molecule has 27 heavy (non-hydrogen) atoms. The lowest BCUT2D eigenvalue weighted by Gasteiger charge is -2.22. The summed E-state index contributed by atoms with van der Waals surface area (Å²) in [7, 11) is 0. The van der Waals surface area contributed by atoms with Gasteiger partial charge in [-0.05, 0) is 13.8 Å². The molecule has 0 aromatic rings. The predicted molar refractivity (Wildman–Crippen MR) is 88.3 cm³/mol. The Balaban J connectivity index is 4.47. The smallest absolute Gasteiger partial charge is 0.328 e. The predicted octanol–water partition coefficient (Wildman–Crippen LogP) is -0.825. The van der Waals surface area contributed by atoms with Gasteiger partial charge in [0.05, 0.1) is 6.67 Å². The van der Waals surface area contributed by atoms with E-state index in [4.69, 9.17) is 5.26 Å². The second-order valence-electron chi connectivity index (χ2n) is 4.38. The Morgan fingerprint density at radius 3 is 1.85 bits per heavy atom. The highest BCUT2D eigenvalue weighted by atomic mass is 16.5. The minimum atomic E-state index is -0.819. The first kappa shape index (κ1) is 23.1. The van der Waals surface area contributed by atoms with E-state index in [2.05, 4.69) is 31.0 Å². The van der Waals surface area contributed by atoms with Crippen LogP contribution in [0.4, 0.5) is 19.2 Å². The van der Waals surface area contributed by atoms with E-state index in [9.17, 15) is 24.0 Å². The number of aliphatic imine (C=N–C) groups is 1. The van der Waals surface area contributed by atoms with Crippen molar-refractivity contribution >= 4 is 30.2 Å². The molecule has 14 nitrogen and oxygen atoms in total. The molecule has 148 valence electrons. The maximum atomic E-state index is 11.9. The molecule has 0 rings (SSSR count). The Morgan fingerprint density at radius 1 is 0.926 bits per heavy atom. The van der Waals surface area contributed by atoms with E-state index >= 15 is 0 Å². The zero-order chi connectivity index (χ0) is 20.7. The molecule has 0 aliphatic rings. The number of isocyanates is 1. The minimum Gasteiger partial charge on any atom is -0.405 e. The van der Waals surface area contributed by atoms with Gasteiger partial charge in [0.2, 0.25) is 6.08 Å². The first-order valence-corrected chi connectivity index (χ1v) is 7.63. The number of imide groups is 2. The number of rotatable bonds is 8. The van der Waals surface area contributed by atoms with Crippen LogP contribution in [-0.4, -0.2) is 73.2 Å². The fourth-order valence-corrected chi connectivity index (χ4v) is 1.61. The highest BCUT2D eigenvalue weighted by Crippen LogP contribution is 1.92. The molecule has 0 atom stereocenters. The van der Waals surface area contributed by atoms with Gasteiger partial charge in [0, 0.05) is 13.1 Å². The maximum Gasteiger partial charge on any atom is 0.328 e. The first-order chi connectivity index (χ1) is 12.9. The van der Waals surface area contributed by atoms with Gasteiger partial charge >= 0.3 is 24.1 Å². The van der Waals surface area contributed by atoms with Crippen LogP contribution in [0.25, 0.3) is 0 Å². The van der Waals surface area contributed by atoms with Crippen LogP contribution >= 0.6 is 0 Å². The first-order valence-electron chi connectivity index (χ1n) is 7.63. The molecule has 4 N–H and O–H groups in total. The van der Waals surface area contributed by atoms with Crippen molar-refractivity contribution in [3.63, 3.8) is 0 Å². The lowest BCUT2D eigenvalue weighted by molar-refractivity contribution is 0.174. The van der Waals surface area contributed by atoms with Gasteiger partial charge in [-0.15, -0.1) is 0 Å². The van der Waals surface area contributed by atoms with Crippen LogP contribution < -0.4 is 21.3 Å². The molecule has 0 saturated carbocycles. The van der Waals surface area contributed by atoms with E-state index < -0.39 is 30.9 Å². The number of carbonyl (C=O) groups excluding carboxylic acids is 5. The van der Waals surface area contributed by atoms with Crippen LogP contribution in [-0.2, 0) is 9.53 Å². The minimum absolute atomic E-state index is 0.0127. The third-order valence-corrected chi connectivity index (χ3v) is 2.83. The number of nitriles is 1. The molecule has 0 radical (unpaired) electrons. The molecule has 14 heteroatoms. The van der Waals surface area contributed by atoms with E-state index in [0.717, 1.165) is 9.80 Å². The van der Waals surface area contributed by atoms with Gasteiger partial charge < -0.3 is 26.0 Å². The van der Waals surface area contributed by atoms with Crippen molar-refractivity contribution in [2.75, 3.05) is 33.2 Å². The molecule has 8 amide bonds. The molecular formula is C13H20N8O6. The third-order valence-electron chi connectivity index (χ3n) is 2.83. The Labute approximate surface area is 154 Å². The highest BCUT2D eigenvalue weighted by Gasteiger charge is 2.21. The molecular weight excluding hydrogens is 364 g/mol. The summed E-state index contributed by atoms with van der Waals surface area (Å²) >= 11 is 0. The van der Waals surface area contributed by atoms with E-state index in [-0.39, 0.29) is 26.4 Å². The maximum absolute atomic E-state index is 11.9. The second kappa shape index (κ2) is 13.4. The van der Waals surface area contributed by atoms with Gasteiger partial charge in [0.1, 0.15) is 6.67 Å². The van der Waals surface area contributed by atoms with Crippen LogP contribution in [0.15, 0.2) is 4.99 Å². The lowest BCUT2D eigenvalue weighted by atomic mass is 10.6. The molecule has 0 aromatic carbocycles. The summed E-state index contributed by atoms with van der Waals surface area (Å²) in [6, 6.07) is -3.24. The van der Waals surface area contributed by atoms with Crippen LogP contribution in [0, 0.1) is 11.5 Å². The quantitative estimate of drug-likeness (QED) is 0.138. The molecule has 0 aromatic heterocycles. The van der Waals surface area contributed by atoms with Gasteiger partial charge in [-0.25, -0.2) is 33.8 Å². The average Bonchev–Trinajstić information content (AvgIpc) is 2.63. The molecule has 0 heterocycles. The monoisotopic (exact) mass is 384 g/mol. The summed E-state index contributed by atoms with van der Waals surface area (Å²) in [5.41, 5.74) is 0. The highest BCUT2D eigenvalue weighted by molar-refractivity contribution is 5.95. The number of urea groups is 4. The zero-order valence-corrected chi connectivity index (χ0v) is 14.8. The number of nitrogens with one attached hydrogen (secondary N) is 4. The number of hydrogen-bond acceptors (Lipinski definition) is 8. The van der Waals surface area contributed by atoms with Gasteiger partial charge in [0.25, 0.3) is 6.26 Å². The molecule has 0 bridgehead atoms. The fraction of sp³-hybridized carbons (Fsp3) is 0.538. The SMILES string of the molecule is CCN(C(=O)NCN=C=O)C(=O)NCNC(=O)N(CC)C(=O)NCOC#N. The third kappa shape index (κ3) is 8.70. The van der Waals surface area contributed by atoms with Crippen LogP contribution in [0.3, 0.4) is 0 Å². The van der Waals surface area contributed by atoms with Crippen molar-refractivity contribution in [3.8, 4) is 6.26 Å². The topological polar surface area (TPSA) is 185 Å². The Bertz CT molecular complexity index is 627. The summed E-state index contributed by atoms with van der Waals surface area (Å²) in [6.45, 7) is 1.99. The lowest BCUT2D eigenvalue weighted by Crippen LogP contribution is -2.53. The Kier molecular flexibility index (Phi) is 11.5. The average molecular weight is 384 g/mol. The normalized spacial score (nSPS) is 8.93. The Hall–Kier alpha value is -3.85. The molecule has 0 unspecified atom stereocenters. The fourth-order valence-electron chi connectivity index (χ4n) is 1.61. The van der Waals surface area contributed by atoms with Crippen molar-refractivity contribution in [2.24, 2.45) is 4.99 Å². The molecule has 0 spiro atoms. The number of nitrogens with zero attached hydrogens (tertiary/aromatic N) is 4. The molecule has 0 fully saturated rings. The van der Waals surface area contributed by atoms with Crippen molar-refractivity contribution in [1.29, 1.82) is 5.26 Å². The van der Waals surface area contributed by atoms with Crippen LogP contribution in [0.5, 0.6) is 0 Å². The summed E-state index contributed by atoms with van der Waals surface area (Å²) in [4.78, 5) is 61.9. The zero-order valence-electron chi connectivity index (χ0n) is 14.8. The number of amides is 8. The van der Waals surface area contributed by atoms with Gasteiger partial charge in [-0.1, -0.05) is 0 Å². The summed E-state index contributed by atoms with van der Waals surface area (Å²) in [5.74, 6) is 0. The summed E-state index contributed by atoms with van der Waals surface area (Å²) in [6.07, 6.45) is 2.58. The van der Waals surface area contributed by atoms with Crippen molar-refractivity contribution in [2.45, 2.75) is 13.8 Å². The van der Waals surface area contributed by atoms with Crippen molar-refractivity contribution in [1.82, 2.24) is 31.1 Å². The van der Waals surface area contributed by atoms with Crippen molar-refractivity contribution in [3.05, 3.63) is 0 Å². The standard InChI is InChI=1S/C13H20N8O6/c1-3-20(10(23)16-6-15-8-22)11(24)17-7-18-12(25)21(4-2)13(26)19-9-27-5-14/h3-4,6-7,9H2,1-2H3,(H,16,23)(H,17,24)(H,18,25)(H,19,26). The van der Waals surface area contributed by atoms with Crippen molar-refractivity contribution < 1.29 is 28.7 Å². The van der Waals surface area contributed by atoms with Crippen LogP contribution in [0.1, 0.15) is 13.8 Å². The van der Waals surface area contributed by atoms with E-state index in [0.29, 0.717) is 0 Å². The number of hydrogen-bond donors (Lipinski definition) is 4. The largest absolute Gasteiger partial charge is 0.405 e. The molecule has 0 aliphatic heterocycles. The summed E-state index contributed by atoms with van der Waals surface area (Å²) < 4.78 is 4.27. The second-order valence-corrected chi connectivity index (χ2v) is 4.38. The van der Waals surface area contributed by atoms with Gasteiger partial charge in [0.15, 0.2) is 6.73 Å². The van der Waals surface area contributed by atoms with Gasteiger partial charge in [-0.3, -0.25) is 0 Å².